The lowest BCUT2D eigenvalue weighted by Gasteiger charge is -2.22. The van der Waals surface area contributed by atoms with E-state index in [1.54, 1.807) is 30.3 Å². The monoisotopic (exact) mass is 402 g/mol. The van der Waals surface area contributed by atoms with Gasteiger partial charge in [0.05, 0.1) is 5.71 Å². The summed E-state index contributed by atoms with van der Waals surface area (Å²) in [7, 11) is 0. The maximum atomic E-state index is 12.6. The van der Waals surface area contributed by atoms with Gasteiger partial charge in [-0.25, -0.2) is 5.43 Å². The number of anilines is 1. The minimum absolute atomic E-state index is 0.213. The molecule has 1 heterocycles. The Morgan fingerprint density at radius 2 is 1.73 bits per heavy atom. The lowest BCUT2D eigenvalue weighted by molar-refractivity contribution is -0.137. The SMILES string of the molecule is NC(=O)C(=O)N/N=C(\CC1(O)C(=O)Nc2ccccc21)c1ccc2ccccc2c1. The second-order valence-electron chi connectivity index (χ2n) is 6.96. The van der Waals surface area contributed by atoms with Gasteiger partial charge in [-0.1, -0.05) is 54.6 Å². The number of carbonyl (C=O) groups excluding carboxylic acids is 3. The fraction of sp³-hybridized carbons (Fsp3) is 0.0909. The van der Waals surface area contributed by atoms with Crippen molar-refractivity contribution in [3.8, 4) is 0 Å². The van der Waals surface area contributed by atoms with Crippen LogP contribution in [-0.4, -0.2) is 28.5 Å². The van der Waals surface area contributed by atoms with Gasteiger partial charge in [0.25, 0.3) is 5.91 Å². The smallest absolute Gasteiger partial charge is 0.329 e. The number of para-hydroxylation sites is 1. The fourth-order valence-corrected chi connectivity index (χ4v) is 3.47. The highest BCUT2D eigenvalue weighted by Crippen LogP contribution is 2.39. The van der Waals surface area contributed by atoms with E-state index in [1.165, 1.54) is 0 Å². The van der Waals surface area contributed by atoms with Crippen LogP contribution in [0.4, 0.5) is 5.69 Å². The number of amides is 3. The first-order chi connectivity index (χ1) is 14.4. The maximum absolute atomic E-state index is 12.6. The molecule has 0 bridgehead atoms. The molecule has 150 valence electrons. The van der Waals surface area contributed by atoms with Gasteiger partial charge in [0.15, 0.2) is 5.60 Å². The predicted molar refractivity (Wildman–Crippen MR) is 111 cm³/mol. The van der Waals surface area contributed by atoms with Crippen molar-refractivity contribution >= 4 is 39.9 Å². The van der Waals surface area contributed by atoms with Crippen LogP contribution in [0.3, 0.4) is 0 Å². The van der Waals surface area contributed by atoms with Crippen molar-refractivity contribution in [1.82, 2.24) is 5.43 Å². The van der Waals surface area contributed by atoms with E-state index >= 15 is 0 Å². The van der Waals surface area contributed by atoms with Gasteiger partial charge in [0.2, 0.25) is 0 Å². The van der Waals surface area contributed by atoms with Crippen LogP contribution in [0.25, 0.3) is 10.8 Å². The van der Waals surface area contributed by atoms with Crippen molar-refractivity contribution in [2.45, 2.75) is 12.0 Å². The Labute approximate surface area is 171 Å². The molecule has 3 aromatic carbocycles. The van der Waals surface area contributed by atoms with E-state index in [4.69, 9.17) is 5.73 Å². The Morgan fingerprint density at radius 3 is 2.50 bits per heavy atom. The van der Waals surface area contributed by atoms with Crippen LogP contribution in [-0.2, 0) is 20.0 Å². The summed E-state index contributed by atoms with van der Waals surface area (Å²) in [5.41, 5.74) is 6.87. The number of primary amides is 1. The standard InChI is InChI=1S/C22H18N4O4/c23-19(27)20(28)26-25-18(15-10-9-13-5-1-2-6-14(13)11-15)12-22(30)16-7-3-4-8-17(16)24-21(22)29/h1-11,30H,12H2,(H2,23,27)(H,24,29)(H,26,28)/b25-18+. The molecule has 3 aromatic rings. The van der Waals surface area contributed by atoms with Crippen LogP contribution < -0.4 is 16.5 Å². The van der Waals surface area contributed by atoms with E-state index in [1.807, 2.05) is 36.4 Å². The average molecular weight is 402 g/mol. The van der Waals surface area contributed by atoms with Gasteiger partial charge in [-0.2, -0.15) is 5.10 Å². The van der Waals surface area contributed by atoms with Gasteiger partial charge in [0, 0.05) is 17.7 Å². The third-order valence-corrected chi connectivity index (χ3v) is 5.02. The molecule has 0 spiro atoms. The highest BCUT2D eigenvalue weighted by molar-refractivity contribution is 6.34. The molecular weight excluding hydrogens is 384 g/mol. The predicted octanol–water partition coefficient (Wildman–Crippen LogP) is 1.38. The molecule has 1 aliphatic heterocycles. The van der Waals surface area contributed by atoms with Gasteiger partial charge >= 0.3 is 11.8 Å². The molecule has 1 atom stereocenters. The zero-order chi connectivity index (χ0) is 21.3. The Balaban J connectivity index is 1.77. The van der Waals surface area contributed by atoms with Crippen molar-refractivity contribution in [2.75, 3.05) is 5.32 Å². The molecule has 0 radical (unpaired) electrons. The van der Waals surface area contributed by atoms with E-state index in [0.717, 1.165) is 10.8 Å². The van der Waals surface area contributed by atoms with Crippen LogP contribution in [0, 0.1) is 0 Å². The maximum Gasteiger partial charge on any atom is 0.329 e. The van der Waals surface area contributed by atoms with Crippen molar-refractivity contribution < 1.29 is 19.5 Å². The van der Waals surface area contributed by atoms with E-state index < -0.39 is 23.3 Å². The third-order valence-electron chi connectivity index (χ3n) is 5.02. The average Bonchev–Trinajstić information content (AvgIpc) is 3.00. The summed E-state index contributed by atoms with van der Waals surface area (Å²) in [5, 5.41) is 19.8. The van der Waals surface area contributed by atoms with Crippen molar-refractivity contribution in [3.05, 3.63) is 77.9 Å². The van der Waals surface area contributed by atoms with Crippen LogP contribution >= 0.6 is 0 Å². The van der Waals surface area contributed by atoms with E-state index in [-0.39, 0.29) is 12.1 Å². The van der Waals surface area contributed by atoms with Crippen LogP contribution in [0.15, 0.2) is 71.8 Å². The first kappa shape index (κ1) is 19.3. The normalized spacial score (nSPS) is 18.0. The van der Waals surface area contributed by atoms with Crippen LogP contribution in [0.1, 0.15) is 17.5 Å². The molecule has 1 aliphatic rings. The summed E-state index contributed by atoms with van der Waals surface area (Å²) in [5.74, 6) is -2.89. The highest BCUT2D eigenvalue weighted by atomic mass is 16.3. The molecule has 8 heteroatoms. The number of benzene rings is 3. The van der Waals surface area contributed by atoms with Crippen molar-refractivity contribution in [1.29, 1.82) is 0 Å². The van der Waals surface area contributed by atoms with E-state index in [0.29, 0.717) is 16.8 Å². The Kier molecular flexibility index (Phi) is 4.77. The van der Waals surface area contributed by atoms with Gasteiger partial charge in [-0.15, -0.1) is 0 Å². The summed E-state index contributed by atoms with van der Waals surface area (Å²) in [4.78, 5) is 35.3. The second kappa shape index (κ2) is 7.41. The largest absolute Gasteiger partial charge is 0.375 e. The number of nitrogens with two attached hydrogens (primary N) is 1. The molecule has 5 N–H and O–H groups in total. The summed E-state index contributed by atoms with van der Waals surface area (Å²) in [6.45, 7) is 0. The molecule has 3 amide bonds. The Bertz CT molecular complexity index is 1220. The van der Waals surface area contributed by atoms with Gasteiger partial charge in [-0.05, 0) is 28.5 Å². The lowest BCUT2D eigenvalue weighted by Crippen LogP contribution is -2.38. The summed E-state index contributed by atoms with van der Waals surface area (Å²) in [6, 6.07) is 19.9. The molecular formula is C22H18N4O4. The molecule has 0 aliphatic carbocycles. The van der Waals surface area contributed by atoms with Gasteiger partial charge < -0.3 is 16.2 Å². The summed E-state index contributed by atoms with van der Waals surface area (Å²) in [6.07, 6.45) is -0.229. The van der Waals surface area contributed by atoms with Crippen molar-refractivity contribution in [2.24, 2.45) is 10.8 Å². The molecule has 30 heavy (non-hydrogen) atoms. The molecule has 1 unspecified atom stereocenters. The fourth-order valence-electron chi connectivity index (χ4n) is 3.47. The quantitative estimate of drug-likeness (QED) is 0.298. The number of aliphatic hydroxyl groups is 1. The molecule has 0 aromatic heterocycles. The van der Waals surface area contributed by atoms with Gasteiger partial charge in [0.1, 0.15) is 0 Å². The Hall–Kier alpha value is -4.04. The Morgan fingerprint density at radius 1 is 1.03 bits per heavy atom. The number of carbonyl (C=O) groups is 3. The molecule has 0 saturated heterocycles. The number of nitrogens with zero attached hydrogens (tertiary/aromatic N) is 1. The lowest BCUT2D eigenvalue weighted by atomic mass is 9.87. The number of hydrazone groups is 1. The zero-order valence-corrected chi connectivity index (χ0v) is 15.8. The van der Waals surface area contributed by atoms with Crippen LogP contribution in [0.5, 0.6) is 0 Å². The third kappa shape index (κ3) is 3.40. The number of rotatable bonds is 4. The molecule has 0 fully saturated rings. The molecule has 4 rings (SSSR count). The molecule has 0 saturated carbocycles. The first-order valence-corrected chi connectivity index (χ1v) is 9.17. The summed E-state index contributed by atoms with van der Waals surface area (Å²) < 4.78 is 0. The minimum atomic E-state index is -1.89. The molecule has 8 nitrogen and oxygen atoms in total. The number of hydrogen-bond donors (Lipinski definition) is 4. The van der Waals surface area contributed by atoms with E-state index in [9.17, 15) is 19.5 Å². The van der Waals surface area contributed by atoms with E-state index in [2.05, 4.69) is 15.8 Å². The van der Waals surface area contributed by atoms with Crippen molar-refractivity contribution in [3.63, 3.8) is 0 Å². The topological polar surface area (TPSA) is 134 Å². The number of fused-ring (bicyclic) bond motifs is 2. The number of hydrogen-bond acceptors (Lipinski definition) is 5. The van der Waals surface area contributed by atoms with Crippen LogP contribution in [0.2, 0.25) is 0 Å². The van der Waals surface area contributed by atoms with Gasteiger partial charge in [-0.3, -0.25) is 14.4 Å². The summed E-state index contributed by atoms with van der Waals surface area (Å²) >= 11 is 0. The minimum Gasteiger partial charge on any atom is -0.375 e. The zero-order valence-electron chi connectivity index (χ0n) is 15.8. The second-order valence-corrected chi connectivity index (χ2v) is 6.96. The number of nitrogens with one attached hydrogen (secondary N) is 2. The first-order valence-electron chi connectivity index (χ1n) is 9.17. The highest BCUT2D eigenvalue weighted by Gasteiger charge is 2.46.